The second-order valence-corrected chi connectivity index (χ2v) is 6.94. The highest BCUT2D eigenvalue weighted by molar-refractivity contribution is 5.75. The van der Waals surface area contributed by atoms with Gasteiger partial charge in [0.1, 0.15) is 6.04 Å². The molecule has 0 amide bonds. The minimum atomic E-state index is -0.128. The van der Waals surface area contributed by atoms with E-state index in [1.54, 1.807) is 0 Å². The van der Waals surface area contributed by atoms with Gasteiger partial charge in [0.2, 0.25) is 0 Å². The maximum absolute atomic E-state index is 11.9. The van der Waals surface area contributed by atoms with Crippen molar-refractivity contribution >= 4 is 5.97 Å². The fourth-order valence-electron chi connectivity index (χ4n) is 3.80. The number of esters is 1. The molecular weight excluding hydrogens is 266 g/mol. The van der Waals surface area contributed by atoms with Gasteiger partial charge in [-0.1, -0.05) is 0 Å². The Morgan fingerprint density at radius 1 is 1.33 bits per heavy atom. The van der Waals surface area contributed by atoms with Gasteiger partial charge in [0.15, 0.2) is 0 Å². The average Bonchev–Trinajstić information content (AvgIpc) is 3.19. The third-order valence-corrected chi connectivity index (χ3v) is 5.27. The summed E-state index contributed by atoms with van der Waals surface area (Å²) in [5.41, 5.74) is 0. The Morgan fingerprint density at radius 3 is 2.86 bits per heavy atom. The van der Waals surface area contributed by atoms with Crippen LogP contribution < -0.4 is 5.32 Å². The largest absolute Gasteiger partial charge is 0.468 e. The fourth-order valence-corrected chi connectivity index (χ4v) is 3.80. The Labute approximate surface area is 128 Å². The molecule has 3 rings (SSSR count). The standard InChI is InChI=1S/C16H29N3O2/c1-12-10-19-8-3-4-14(19)11-18(12)9-7-15(16(20)21-2)17-13-5-6-13/h12-15,17H,3-11H2,1-2H3. The molecular formula is C16H29N3O2. The predicted octanol–water partition coefficient (Wildman–Crippen LogP) is 0.839. The smallest absolute Gasteiger partial charge is 0.322 e. The molecule has 3 atom stereocenters. The highest BCUT2D eigenvalue weighted by atomic mass is 16.5. The van der Waals surface area contributed by atoms with Crippen molar-refractivity contribution in [1.82, 2.24) is 15.1 Å². The molecule has 1 aliphatic carbocycles. The lowest BCUT2D eigenvalue weighted by molar-refractivity contribution is -0.143. The molecule has 21 heavy (non-hydrogen) atoms. The summed E-state index contributed by atoms with van der Waals surface area (Å²) in [6.07, 6.45) is 5.94. The third kappa shape index (κ3) is 3.76. The molecule has 0 radical (unpaired) electrons. The molecule has 0 aromatic heterocycles. The topological polar surface area (TPSA) is 44.8 Å². The van der Waals surface area contributed by atoms with Gasteiger partial charge in [0.25, 0.3) is 0 Å². The molecule has 2 saturated heterocycles. The molecule has 1 N–H and O–H groups in total. The molecule has 5 nitrogen and oxygen atoms in total. The van der Waals surface area contributed by atoms with E-state index in [1.807, 2.05) is 0 Å². The number of carbonyl (C=O) groups excluding carboxylic acids is 1. The molecule has 0 aromatic rings. The summed E-state index contributed by atoms with van der Waals surface area (Å²) in [7, 11) is 1.49. The Hall–Kier alpha value is -0.650. The first-order valence-electron chi connectivity index (χ1n) is 8.49. The van der Waals surface area contributed by atoms with Crippen LogP contribution in [0.4, 0.5) is 0 Å². The van der Waals surface area contributed by atoms with Crippen LogP contribution in [0.2, 0.25) is 0 Å². The molecule has 120 valence electrons. The second-order valence-electron chi connectivity index (χ2n) is 6.94. The van der Waals surface area contributed by atoms with E-state index in [4.69, 9.17) is 4.74 Å². The van der Waals surface area contributed by atoms with E-state index in [0.29, 0.717) is 12.1 Å². The number of nitrogens with one attached hydrogen (secondary N) is 1. The number of nitrogens with zero attached hydrogens (tertiary/aromatic N) is 2. The third-order valence-electron chi connectivity index (χ3n) is 5.27. The van der Waals surface area contributed by atoms with Crippen molar-refractivity contribution in [2.24, 2.45) is 0 Å². The molecule has 3 unspecified atom stereocenters. The van der Waals surface area contributed by atoms with Gasteiger partial charge in [-0.25, -0.2) is 0 Å². The SMILES string of the molecule is COC(=O)C(CCN1CC2CCCN2CC1C)NC1CC1. The van der Waals surface area contributed by atoms with Crippen molar-refractivity contribution in [3.8, 4) is 0 Å². The van der Waals surface area contributed by atoms with Gasteiger partial charge in [-0.2, -0.15) is 0 Å². The lowest BCUT2D eigenvalue weighted by Crippen LogP contribution is -2.55. The molecule has 0 aromatic carbocycles. The highest BCUT2D eigenvalue weighted by Gasteiger charge is 2.35. The molecule has 3 fully saturated rings. The fraction of sp³-hybridized carbons (Fsp3) is 0.938. The number of rotatable bonds is 6. The van der Waals surface area contributed by atoms with Crippen LogP contribution in [0.1, 0.15) is 39.0 Å². The van der Waals surface area contributed by atoms with Crippen molar-refractivity contribution in [3.05, 3.63) is 0 Å². The van der Waals surface area contributed by atoms with Crippen molar-refractivity contribution in [3.63, 3.8) is 0 Å². The van der Waals surface area contributed by atoms with Gasteiger partial charge in [0, 0.05) is 37.8 Å². The van der Waals surface area contributed by atoms with E-state index in [0.717, 1.165) is 19.0 Å². The molecule has 5 heteroatoms. The molecule has 0 spiro atoms. The van der Waals surface area contributed by atoms with Crippen LogP contribution in [0, 0.1) is 0 Å². The minimum absolute atomic E-state index is 0.103. The Balaban J connectivity index is 1.50. The van der Waals surface area contributed by atoms with E-state index in [2.05, 4.69) is 22.0 Å². The maximum atomic E-state index is 11.9. The molecule has 1 saturated carbocycles. The zero-order valence-electron chi connectivity index (χ0n) is 13.4. The summed E-state index contributed by atoms with van der Waals surface area (Å²) in [6.45, 7) is 6.93. The summed E-state index contributed by atoms with van der Waals surface area (Å²) >= 11 is 0. The number of hydrogen-bond donors (Lipinski definition) is 1. The van der Waals surface area contributed by atoms with Gasteiger partial charge in [-0.05, 0) is 45.6 Å². The molecule has 2 aliphatic heterocycles. The molecule has 3 aliphatic rings. The number of fused-ring (bicyclic) bond motifs is 1. The monoisotopic (exact) mass is 295 g/mol. The summed E-state index contributed by atoms with van der Waals surface area (Å²) in [5, 5.41) is 3.43. The normalized spacial score (nSPS) is 31.9. The lowest BCUT2D eigenvalue weighted by Gasteiger charge is -2.42. The molecule has 2 heterocycles. The van der Waals surface area contributed by atoms with E-state index in [-0.39, 0.29) is 12.0 Å². The van der Waals surface area contributed by atoms with E-state index in [9.17, 15) is 4.79 Å². The summed E-state index contributed by atoms with van der Waals surface area (Å²) in [6, 6.07) is 1.75. The lowest BCUT2D eigenvalue weighted by atomic mass is 10.1. The Kier molecular flexibility index (Phi) is 4.82. The number of piperazine rings is 1. The summed E-state index contributed by atoms with van der Waals surface area (Å²) in [5.74, 6) is -0.103. The van der Waals surface area contributed by atoms with Crippen LogP contribution in [0.25, 0.3) is 0 Å². The zero-order valence-corrected chi connectivity index (χ0v) is 13.4. The number of carbonyl (C=O) groups is 1. The minimum Gasteiger partial charge on any atom is -0.468 e. The van der Waals surface area contributed by atoms with Crippen molar-refractivity contribution in [2.75, 3.05) is 33.3 Å². The summed E-state index contributed by atoms with van der Waals surface area (Å²) in [4.78, 5) is 17.1. The summed E-state index contributed by atoms with van der Waals surface area (Å²) < 4.78 is 4.95. The number of ether oxygens (including phenoxy) is 1. The van der Waals surface area contributed by atoms with Crippen LogP contribution >= 0.6 is 0 Å². The van der Waals surface area contributed by atoms with Crippen LogP contribution in [-0.4, -0.2) is 73.2 Å². The highest BCUT2D eigenvalue weighted by Crippen LogP contribution is 2.25. The first-order chi connectivity index (χ1) is 10.2. The van der Waals surface area contributed by atoms with Crippen LogP contribution in [-0.2, 0) is 9.53 Å². The van der Waals surface area contributed by atoms with Gasteiger partial charge < -0.3 is 10.1 Å². The predicted molar refractivity (Wildman–Crippen MR) is 82.2 cm³/mol. The Morgan fingerprint density at radius 2 is 2.14 bits per heavy atom. The second kappa shape index (κ2) is 6.63. The first kappa shape index (κ1) is 15.3. The van der Waals surface area contributed by atoms with E-state index >= 15 is 0 Å². The van der Waals surface area contributed by atoms with E-state index < -0.39 is 0 Å². The maximum Gasteiger partial charge on any atom is 0.322 e. The number of methoxy groups -OCH3 is 1. The quantitative estimate of drug-likeness (QED) is 0.736. The van der Waals surface area contributed by atoms with Gasteiger partial charge >= 0.3 is 5.97 Å². The first-order valence-corrected chi connectivity index (χ1v) is 8.49. The Bertz CT molecular complexity index is 373. The van der Waals surface area contributed by atoms with Crippen LogP contribution in [0.5, 0.6) is 0 Å². The van der Waals surface area contributed by atoms with Crippen LogP contribution in [0.3, 0.4) is 0 Å². The zero-order chi connectivity index (χ0) is 14.8. The number of hydrogen-bond acceptors (Lipinski definition) is 5. The van der Waals surface area contributed by atoms with Gasteiger partial charge in [-0.3, -0.25) is 14.6 Å². The molecule has 0 bridgehead atoms. The van der Waals surface area contributed by atoms with Crippen molar-refractivity contribution in [1.29, 1.82) is 0 Å². The van der Waals surface area contributed by atoms with Crippen molar-refractivity contribution in [2.45, 2.75) is 63.2 Å². The average molecular weight is 295 g/mol. The van der Waals surface area contributed by atoms with Crippen molar-refractivity contribution < 1.29 is 9.53 Å². The van der Waals surface area contributed by atoms with Gasteiger partial charge in [0.05, 0.1) is 7.11 Å². The van der Waals surface area contributed by atoms with E-state index in [1.165, 1.54) is 52.4 Å². The van der Waals surface area contributed by atoms with Crippen LogP contribution in [0.15, 0.2) is 0 Å². The van der Waals surface area contributed by atoms with Gasteiger partial charge in [-0.15, -0.1) is 0 Å².